The van der Waals surface area contributed by atoms with Crippen LogP contribution in [0.2, 0.25) is 10.0 Å². The Kier molecular flexibility index (Phi) is 4.78. The first kappa shape index (κ1) is 15.4. The molecule has 1 aliphatic heterocycles. The Hall–Kier alpha value is -0.970. The number of rotatable bonds is 4. The summed E-state index contributed by atoms with van der Waals surface area (Å²) in [7, 11) is 3.78. The summed E-state index contributed by atoms with van der Waals surface area (Å²) in [6, 6.07) is 3.12. The number of hydrogen-bond donors (Lipinski definition) is 1. The third-order valence-electron chi connectivity index (χ3n) is 3.58. The molecule has 0 saturated carbocycles. The molecular weight excluding hydrogens is 299 g/mol. The molecule has 0 spiro atoms. The monoisotopic (exact) mass is 316 g/mol. The maximum absolute atomic E-state index is 11.5. The summed E-state index contributed by atoms with van der Waals surface area (Å²) in [5.74, 6) is 0.555. The molecule has 0 aliphatic carbocycles. The number of amides is 1. The second-order valence-corrected chi connectivity index (χ2v) is 6.19. The lowest BCUT2D eigenvalue weighted by atomic mass is 10.1. The first-order chi connectivity index (χ1) is 9.38. The van der Waals surface area contributed by atoms with E-state index in [-0.39, 0.29) is 11.7 Å². The molecule has 1 aliphatic rings. The van der Waals surface area contributed by atoms with Crippen molar-refractivity contribution >= 4 is 29.1 Å². The second-order valence-electron chi connectivity index (χ2n) is 5.40. The summed E-state index contributed by atoms with van der Waals surface area (Å²) in [5.41, 5.74) is 0.716. The average molecular weight is 317 g/mol. The third kappa shape index (κ3) is 3.37. The van der Waals surface area contributed by atoms with Gasteiger partial charge in [0.2, 0.25) is 5.91 Å². The van der Waals surface area contributed by atoms with E-state index in [9.17, 15) is 9.90 Å². The standard InChI is InChI=1S/C14H18Cl2N2O2/c1-17(6-9-5-13(20)18(2)7-9)8-10-11(15)3-4-12(19)14(10)16/h3-4,9,19H,5-8H2,1-2H3/t9-/m1/s1. The fourth-order valence-corrected chi connectivity index (χ4v) is 3.07. The van der Waals surface area contributed by atoms with Gasteiger partial charge >= 0.3 is 0 Å². The van der Waals surface area contributed by atoms with Gasteiger partial charge in [0.05, 0.1) is 5.02 Å². The Bertz CT molecular complexity index is 522. The number of aromatic hydroxyl groups is 1. The number of benzene rings is 1. The first-order valence-electron chi connectivity index (χ1n) is 6.46. The van der Waals surface area contributed by atoms with E-state index >= 15 is 0 Å². The molecule has 1 atom stereocenters. The smallest absolute Gasteiger partial charge is 0.222 e. The van der Waals surface area contributed by atoms with Crippen molar-refractivity contribution in [2.24, 2.45) is 5.92 Å². The topological polar surface area (TPSA) is 43.8 Å². The Morgan fingerprint density at radius 1 is 1.45 bits per heavy atom. The predicted octanol–water partition coefficient (Wildman–Crippen LogP) is 2.61. The summed E-state index contributed by atoms with van der Waals surface area (Å²) in [6.45, 7) is 2.11. The molecule has 1 N–H and O–H groups in total. The van der Waals surface area contributed by atoms with Crippen LogP contribution in [0.15, 0.2) is 12.1 Å². The number of carbonyl (C=O) groups excluding carboxylic acids is 1. The van der Waals surface area contributed by atoms with Gasteiger partial charge in [-0.15, -0.1) is 0 Å². The number of phenols is 1. The Morgan fingerprint density at radius 3 is 2.75 bits per heavy atom. The molecule has 0 radical (unpaired) electrons. The highest BCUT2D eigenvalue weighted by Crippen LogP contribution is 2.33. The lowest BCUT2D eigenvalue weighted by Gasteiger charge is -2.21. The number of phenolic OH excluding ortho intramolecular Hbond substituents is 1. The lowest BCUT2D eigenvalue weighted by Crippen LogP contribution is -2.27. The fourth-order valence-electron chi connectivity index (χ4n) is 2.58. The summed E-state index contributed by atoms with van der Waals surface area (Å²) in [6.07, 6.45) is 0.586. The maximum atomic E-state index is 11.5. The molecule has 6 heteroatoms. The molecule has 1 amide bonds. The zero-order valence-corrected chi connectivity index (χ0v) is 13.1. The molecule has 1 fully saturated rings. The van der Waals surface area contributed by atoms with Crippen LogP contribution in [-0.2, 0) is 11.3 Å². The highest BCUT2D eigenvalue weighted by molar-refractivity contribution is 6.36. The van der Waals surface area contributed by atoms with Gasteiger partial charge in [0.1, 0.15) is 5.75 Å². The Morgan fingerprint density at radius 2 is 2.15 bits per heavy atom. The maximum Gasteiger partial charge on any atom is 0.222 e. The van der Waals surface area contributed by atoms with Crippen LogP contribution in [0.1, 0.15) is 12.0 Å². The molecule has 0 unspecified atom stereocenters. The van der Waals surface area contributed by atoms with Crippen molar-refractivity contribution in [2.45, 2.75) is 13.0 Å². The van der Waals surface area contributed by atoms with E-state index in [1.54, 1.807) is 11.0 Å². The molecule has 1 saturated heterocycles. The van der Waals surface area contributed by atoms with Crippen molar-refractivity contribution in [3.63, 3.8) is 0 Å². The van der Waals surface area contributed by atoms with Gasteiger partial charge in [-0.1, -0.05) is 23.2 Å². The van der Waals surface area contributed by atoms with Gasteiger partial charge in [-0.25, -0.2) is 0 Å². The van der Waals surface area contributed by atoms with Crippen molar-refractivity contribution in [1.82, 2.24) is 9.80 Å². The summed E-state index contributed by atoms with van der Waals surface area (Å²) in [4.78, 5) is 15.3. The molecular formula is C14H18Cl2N2O2. The van der Waals surface area contributed by atoms with Crippen LogP contribution in [0, 0.1) is 5.92 Å². The number of hydrogen-bond acceptors (Lipinski definition) is 3. The van der Waals surface area contributed by atoms with Crippen LogP contribution in [0.4, 0.5) is 0 Å². The third-order valence-corrected chi connectivity index (χ3v) is 4.36. The number of nitrogens with zero attached hydrogens (tertiary/aromatic N) is 2. The van der Waals surface area contributed by atoms with Crippen LogP contribution in [0.5, 0.6) is 5.75 Å². The Balaban J connectivity index is 2.00. The first-order valence-corrected chi connectivity index (χ1v) is 7.22. The fraction of sp³-hybridized carbons (Fsp3) is 0.500. The quantitative estimate of drug-likeness (QED) is 0.928. The minimum Gasteiger partial charge on any atom is -0.506 e. The summed E-state index contributed by atoms with van der Waals surface area (Å²) < 4.78 is 0. The highest BCUT2D eigenvalue weighted by atomic mass is 35.5. The number of carbonyl (C=O) groups is 1. The van der Waals surface area contributed by atoms with E-state index in [4.69, 9.17) is 23.2 Å². The van der Waals surface area contributed by atoms with Crippen molar-refractivity contribution in [1.29, 1.82) is 0 Å². The van der Waals surface area contributed by atoms with Crippen LogP contribution >= 0.6 is 23.2 Å². The van der Waals surface area contributed by atoms with Crippen LogP contribution in [-0.4, -0.2) is 48.0 Å². The van der Waals surface area contributed by atoms with Gasteiger partial charge in [0.25, 0.3) is 0 Å². The van der Waals surface area contributed by atoms with E-state index in [0.717, 1.165) is 13.1 Å². The van der Waals surface area contributed by atoms with Gasteiger partial charge in [0.15, 0.2) is 0 Å². The van der Waals surface area contributed by atoms with Crippen molar-refractivity contribution < 1.29 is 9.90 Å². The molecule has 2 rings (SSSR count). The minimum absolute atomic E-state index is 0.0373. The summed E-state index contributed by atoms with van der Waals surface area (Å²) >= 11 is 12.2. The average Bonchev–Trinajstić information content (AvgIpc) is 2.68. The van der Waals surface area contributed by atoms with Gasteiger partial charge < -0.3 is 14.9 Å². The Labute approximate surface area is 128 Å². The summed E-state index contributed by atoms with van der Waals surface area (Å²) in [5, 5.41) is 10.5. The van der Waals surface area contributed by atoms with Gasteiger partial charge in [-0.05, 0) is 25.1 Å². The van der Waals surface area contributed by atoms with Crippen molar-refractivity contribution in [3.05, 3.63) is 27.7 Å². The van der Waals surface area contributed by atoms with E-state index < -0.39 is 0 Å². The van der Waals surface area contributed by atoms with Gasteiger partial charge in [-0.3, -0.25) is 4.79 Å². The molecule has 1 aromatic rings. The number of likely N-dealkylation sites (tertiary alicyclic amines) is 1. The van der Waals surface area contributed by atoms with Gasteiger partial charge in [-0.2, -0.15) is 0 Å². The second kappa shape index (κ2) is 6.20. The highest BCUT2D eigenvalue weighted by Gasteiger charge is 2.27. The van der Waals surface area contributed by atoms with Gasteiger partial charge in [0, 0.05) is 43.7 Å². The van der Waals surface area contributed by atoms with Crippen molar-refractivity contribution in [2.75, 3.05) is 27.2 Å². The lowest BCUT2D eigenvalue weighted by molar-refractivity contribution is -0.126. The zero-order valence-electron chi connectivity index (χ0n) is 11.6. The van der Waals surface area contributed by atoms with Crippen LogP contribution in [0.25, 0.3) is 0 Å². The largest absolute Gasteiger partial charge is 0.506 e. The molecule has 110 valence electrons. The molecule has 0 bridgehead atoms. The van der Waals surface area contributed by atoms with E-state index in [1.165, 1.54) is 6.07 Å². The molecule has 1 heterocycles. The van der Waals surface area contributed by atoms with Crippen LogP contribution < -0.4 is 0 Å². The van der Waals surface area contributed by atoms with E-state index in [0.29, 0.717) is 34.5 Å². The minimum atomic E-state index is 0.0373. The molecule has 1 aromatic carbocycles. The van der Waals surface area contributed by atoms with E-state index in [1.807, 2.05) is 14.1 Å². The van der Waals surface area contributed by atoms with E-state index in [2.05, 4.69) is 4.90 Å². The predicted molar refractivity (Wildman–Crippen MR) is 80.2 cm³/mol. The SMILES string of the molecule is CN(Cc1c(Cl)ccc(O)c1Cl)C[C@H]1CC(=O)N(C)C1. The molecule has 4 nitrogen and oxygen atoms in total. The normalized spacial score (nSPS) is 19.1. The van der Waals surface area contributed by atoms with Crippen molar-refractivity contribution in [3.8, 4) is 5.75 Å². The zero-order chi connectivity index (χ0) is 14.9. The van der Waals surface area contributed by atoms with Crippen LogP contribution in [0.3, 0.4) is 0 Å². The molecule has 0 aromatic heterocycles. The number of halogens is 2. The molecule has 20 heavy (non-hydrogen) atoms.